The molecule has 0 spiro atoms. The number of nitrogens with two attached hydrogens (primary N) is 1. The van der Waals surface area contributed by atoms with Crippen LogP contribution >= 0.6 is 15.9 Å². The maximum Gasteiger partial charge on any atom is 0.261 e. The molecule has 1 aromatic heterocycles. The Hall–Kier alpha value is -2.06. The van der Waals surface area contributed by atoms with Crippen LogP contribution in [-0.2, 0) is 12.0 Å². The maximum absolute atomic E-state index is 12.4. The van der Waals surface area contributed by atoms with Gasteiger partial charge in [0.1, 0.15) is 0 Å². The summed E-state index contributed by atoms with van der Waals surface area (Å²) in [7, 11) is 0. The third-order valence-corrected chi connectivity index (χ3v) is 5.13. The van der Waals surface area contributed by atoms with Gasteiger partial charge in [-0.3, -0.25) is 14.5 Å². The highest BCUT2D eigenvalue weighted by Crippen LogP contribution is 2.36. The molecule has 7 nitrogen and oxygen atoms in total. The summed E-state index contributed by atoms with van der Waals surface area (Å²) in [6.07, 6.45) is 3.07. The van der Waals surface area contributed by atoms with Crippen molar-refractivity contribution in [3.05, 3.63) is 45.5 Å². The zero-order valence-electron chi connectivity index (χ0n) is 12.8. The first-order valence-corrected chi connectivity index (χ1v) is 8.55. The largest absolute Gasteiger partial charge is 0.339 e. The molecule has 0 saturated heterocycles. The third kappa shape index (κ3) is 2.37. The molecule has 0 radical (unpaired) electrons. The molecule has 1 aromatic carbocycles. The molecule has 124 valence electrons. The SMILES string of the molecule is NC1(c2noc(CCN3C(=O)c4ccc(Br)cc4C3=O)n2)CCC1. The quantitative estimate of drug-likeness (QED) is 0.800. The van der Waals surface area contributed by atoms with E-state index in [9.17, 15) is 9.59 Å². The molecule has 0 atom stereocenters. The van der Waals surface area contributed by atoms with Crippen molar-refractivity contribution in [2.24, 2.45) is 5.73 Å². The lowest BCUT2D eigenvalue weighted by atomic mass is 9.77. The monoisotopic (exact) mass is 390 g/mol. The molecule has 1 aliphatic heterocycles. The van der Waals surface area contributed by atoms with Crippen LogP contribution in [0, 0.1) is 0 Å². The zero-order valence-corrected chi connectivity index (χ0v) is 14.4. The number of rotatable bonds is 4. The summed E-state index contributed by atoms with van der Waals surface area (Å²) >= 11 is 3.31. The molecule has 24 heavy (non-hydrogen) atoms. The number of hydrogen-bond donors (Lipinski definition) is 1. The highest BCUT2D eigenvalue weighted by atomic mass is 79.9. The number of amides is 2. The van der Waals surface area contributed by atoms with Gasteiger partial charge in [0.25, 0.3) is 11.8 Å². The highest BCUT2D eigenvalue weighted by Gasteiger charge is 2.39. The van der Waals surface area contributed by atoms with Crippen LogP contribution in [0.4, 0.5) is 0 Å². The Morgan fingerprint density at radius 1 is 1.25 bits per heavy atom. The van der Waals surface area contributed by atoms with Gasteiger partial charge >= 0.3 is 0 Å². The molecule has 1 aliphatic carbocycles. The fourth-order valence-electron chi connectivity index (χ4n) is 3.01. The van der Waals surface area contributed by atoms with Gasteiger partial charge in [-0.2, -0.15) is 4.98 Å². The van der Waals surface area contributed by atoms with Crippen molar-refractivity contribution in [3.8, 4) is 0 Å². The molecule has 0 bridgehead atoms. The van der Waals surface area contributed by atoms with Gasteiger partial charge in [0.15, 0.2) is 5.82 Å². The number of halogens is 1. The minimum Gasteiger partial charge on any atom is -0.339 e. The number of hydrogen-bond acceptors (Lipinski definition) is 6. The molecule has 2 amide bonds. The van der Waals surface area contributed by atoms with Gasteiger partial charge in [0.05, 0.1) is 16.7 Å². The molecule has 2 heterocycles. The van der Waals surface area contributed by atoms with E-state index in [1.165, 1.54) is 4.90 Å². The second-order valence-electron chi connectivity index (χ2n) is 6.22. The third-order valence-electron chi connectivity index (χ3n) is 4.64. The average Bonchev–Trinajstić information content (AvgIpc) is 3.09. The van der Waals surface area contributed by atoms with Gasteiger partial charge < -0.3 is 10.3 Å². The van der Waals surface area contributed by atoms with E-state index in [0.717, 1.165) is 23.7 Å². The van der Waals surface area contributed by atoms with Gasteiger partial charge in [0, 0.05) is 17.4 Å². The smallest absolute Gasteiger partial charge is 0.261 e. The van der Waals surface area contributed by atoms with Crippen molar-refractivity contribution < 1.29 is 14.1 Å². The lowest BCUT2D eigenvalue weighted by Gasteiger charge is -2.34. The van der Waals surface area contributed by atoms with Crippen molar-refractivity contribution in [2.45, 2.75) is 31.2 Å². The Kier molecular flexibility index (Phi) is 3.54. The first kappa shape index (κ1) is 15.5. The van der Waals surface area contributed by atoms with E-state index in [1.807, 2.05) is 0 Å². The molecule has 4 rings (SSSR count). The van der Waals surface area contributed by atoms with Gasteiger partial charge in [-0.1, -0.05) is 21.1 Å². The number of carbonyl (C=O) groups excluding carboxylic acids is 2. The summed E-state index contributed by atoms with van der Waals surface area (Å²) in [4.78, 5) is 30.3. The molecule has 8 heteroatoms. The Bertz CT molecular complexity index is 844. The lowest BCUT2D eigenvalue weighted by molar-refractivity contribution is 0.0653. The molecular formula is C16H15BrN4O3. The van der Waals surface area contributed by atoms with Crippen LogP contribution in [0.2, 0.25) is 0 Å². The van der Waals surface area contributed by atoms with Crippen LogP contribution < -0.4 is 5.73 Å². The van der Waals surface area contributed by atoms with E-state index >= 15 is 0 Å². The van der Waals surface area contributed by atoms with Gasteiger partial charge in [0.2, 0.25) is 5.89 Å². The maximum atomic E-state index is 12.4. The van der Waals surface area contributed by atoms with Crippen molar-refractivity contribution in [1.82, 2.24) is 15.0 Å². The summed E-state index contributed by atoms with van der Waals surface area (Å²) in [5, 5.41) is 3.94. The second kappa shape index (κ2) is 5.49. The molecule has 2 aromatic rings. The summed E-state index contributed by atoms with van der Waals surface area (Å²) in [6.45, 7) is 0.198. The number of aromatic nitrogens is 2. The molecule has 2 aliphatic rings. The Morgan fingerprint density at radius 2 is 2.00 bits per heavy atom. The van der Waals surface area contributed by atoms with Gasteiger partial charge in [-0.15, -0.1) is 0 Å². The standard InChI is InChI=1S/C16H15BrN4O3/c17-9-2-3-10-11(8-9)14(23)21(13(10)22)7-4-12-19-15(20-24-12)16(18)5-1-6-16/h2-3,8H,1,4-7,18H2. The predicted octanol–water partition coefficient (Wildman–Crippen LogP) is 2.01. The Morgan fingerprint density at radius 3 is 2.71 bits per heavy atom. The highest BCUT2D eigenvalue weighted by molar-refractivity contribution is 9.10. The van der Waals surface area contributed by atoms with Gasteiger partial charge in [-0.05, 0) is 37.5 Å². The van der Waals surface area contributed by atoms with Crippen molar-refractivity contribution >= 4 is 27.7 Å². The van der Waals surface area contributed by atoms with Crippen LogP contribution in [0.15, 0.2) is 27.2 Å². The molecule has 2 N–H and O–H groups in total. The van der Waals surface area contributed by atoms with Crippen LogP contribution in [0.1, 0.15) is 51.7 Å². The van der Waals surface area contributed by atoms with E-state index in [4.69, 9.17) is 10.3 Å². The number of fused-ring (bicyclic) bond motifs is 1. The van der Waals surface area contributed by atoms with Gasteiger partial charge in [-0.25, -0.2) is 0 Å². The fraction of sp³-hybridized carbons (Fsp3) is 0.375. The normalized spacial score (nSPS) is 18.7. The number of nitrogens with zero attached hydrogens (tertiary/aromatic N) is 3. The first-order chi connectivity index (χ1) is 11.5. The van der Waals surface area contributed by atoms with Crippen molar-refractivity contribution in [1.29, 1.82) is 0 Å². The molecule has 1 saturated carbocycles. The topological polar surface area (TPSA) is 102 Å². The van der Waals surface area contributed by atoms with Crippen LogP contribution in [-0.4, -0.2) is 33.4 Å². The van der Waals surface area contributed by atoms with Crippen LogP contribution in [0.3, 0.4) is 0 Å². The second-order valence-corrected chi connectivity index (χ2v) is 7.14. The molecule has 1 fully saturated rings. The minimum atomic E-state index is -0.483. The zero-order chi connectivity index (χ0) is 16.9. The van der Waals surface area contributed by atoms with E-state index in [0.29, 0.717) is 29.3 Å². The molecule has 0 unspecified atom stereocenters. The molecular weight excluding hydrogens is 376 g/mol. The number of benzene rings is 1. The predicted molar refractivity (Wildman–Crippen MR) is 87.2 cm³/mol. The Balaban J connectivity index is 1.47. The fourth-order valence-corrected chi connectivity index (χ4v) is 3.37. The van der Waals surface area contributed by atoms with E-state index in [2.05, 4.69) is 26.1 Å². The van der Waals surface area contributed by atoms with Crippen LogP contribution in [0.5, 0.6) is 0 Å². The first-order valence-electron chi connectivity index (χ1n) is 7.76. The average molecular weight is 391 g/mol. The van der Waals surface area contributed by atoms with E-state index in [1.54, 1.807) is 18.2 Å². The Labute approximate surface area is 146 Å². The minimum absolute atomic E-state index is 0.198. The lowest BCUT2D eigenvalue weighted by Crippen LogP contribution is -2.44. The number of carbonyl (C=O) groups is 2. The van der Waals surface area contributed by atoms with Crippen molar-refractivity contribution in [3.63, 3.8) is 0 Å². The summed E-state index contributed by atoms with van der Waals surface area (Å²) in [5.41, 5.74) is 6.51. The van der Waals surface area contributed by atoms with Crippen molar-refractivity contribution in [2.75, 3.05) is 6.54 Å². The van der Waals surface area contributed by atoms with E-state index < -0.39 is 5.54 Å². The summed E-state index contributed by atoms with van der Waals surface area (Å²) in [6, 6.07) is 5.06. The van der Waals surface area contributed by atoms with E-state index in [-0.39, 0.29) is 18.4 Å². The summed E-state index contributed by atoms with van der Waals surface area (Å²) in [5.74, 6) is 0.302. The summed E-state index contributed by atoms with van der Waals surface area (Å²) < 4.78 is 5.98. The number of imide groups is 1. The van der Waals surface area contributed by atoms with Crippen LogP contribution in [0.25, 0.3) is 0 Å².